The van der Waals surface area contributed by atoms with Crippen LogP contribution in [0.1, 0.15) is 26.0 Å². The number of nitrogens with two attached hydrogens (primary N) is 1. The van der Waals surface area contributed by atoms with Crippen LogP contribution in [-0.4, -0.2) is 9.55 Å². The first kappa shape index (κ1) is 11.7. The summed E-state index contributed by atoms with van der Waals surface area (Å²) in [6.07, 6.45) is 1.94. The lowest BCUT2D eigenvalue weighted by Gasteiger charge is -2.08. The molecule has 0 unspecified atom stereocenters. The van der Waals surface area contributed by atoms with Crippen molar-refractivity contribution in [1.82, 2.24) is 9.55 Å². The number of nitrogens with zero attached hydrogens (tertiary/aromatic N) is 2. The molecule has 0 fully saturated rings. The van der Waals surface area contributed by atoms with E-state index in [1.165, 1.54) is 0 Å². The second-order valence-electron chi connectivity index (χ2n) is 4.14. The largest absolute Gasteiger partial charge is 0.384 e. The molecular formula is C14H19N3. The zero-order valence-corrected chi connectivity index (χ0v) is 10.5. The molecule has 17 heavy (non-hydrogen) atoms. The second kappa shape index (κ2) is 5.04. The normalized spacial score (nSPS) is 10.7. The van der Waals surface area contributed by atoms with Crippen LogP contribution in [0.25, 0.3) is 11.4 Å². The maximum Gasteiger partial charge on any atom is 0.141 e. The van der Waals surface area contributed by atoms with Crippen LogP contribution in [-0.2, 0) is 13.0 Å². The summed E-state index contributed by atoms with van der Waals surface area (Å²) >= 11 is 0. The van der Waals surface area contributed by atoms with Gasteiger partial charge in [0.2, 0.25) is 0 Å². The molecular weight excluding hydrogens is 210 g/mol. The van der Waals surface area contributed by atoms with E-state index in [1.807, 2.05) is 18.2 Å². The highest BCUT2D eigenvalue weighted by Gasteiger charge is 2.13. The molecule has 2 aromatic rings. The molecule has 1 aromatic carbocycles. The first-order valence-corrected chi connectivity index (χ1v) is 6.18. The number of nitrogen functional groups attached to an aromatic ring is 1. The summed E-state index contributed by atoms with van der Waals surface area (Å²) in [6.45, 7) is 5.16. The lowest BCUT2D eigenvalue weighted by molar-refractivity contribution is 0.692. The van der Waals surface area contributed by atoms with Crippen LogP contribution < -0.4 is 5.73 Å². The third kappa shape index (κ3) is 2.18. The number of hydrogen-bond donors (Lipinski definition) is 1. The number of imidazole rings is 1. The first-order chi connectivity index (χ1) is 8.27. The molecule has 1 heterocycles. The fourth-order valence-corrected chi connectivity index (χ4v) is 2.03. The molecule has 0 saturated heterocycles. The summed E-state index contributed by atoms with van der Waals surface area (Å²) in [4.78, 5) is 4.66. The van der Waals surface area contributed by atoms with E-state index in [0.29, 0.717) is 0 Å². The first-order valence-electron chi connectivity index (χ1n) is 6.18. The quantitative estimate of drug-likeness (QED) is 0.875. The molecule has 1 aromatic heterocycles. The number of rotatable bonds is 4. The van der Waals surface area contributed by atoms with Crippen molar-refractivity contribution in [2.24, 2.45) is 0 Å². The fraction of sp³-hybridized carbons (Fsp3) is 0.357. The fourth-order valence-electron chi connectivity index (χ4n) is 2.03. The average molecular weight is 229 g/mol. The lowest BCUT2D eigenvalue weighted by Crippen LogP contribution is -2.04. The highest BCUT2D eigenvalue weighted by atomic mass is 15.1. The van der Waals surface area contributed by atoms with Gasteiger partial charge in [0.05, 0.1) is 5.69 Å². The van der Waals surface area contributed by atoms with Gasteiger partial charge in [-0.3, -0.25) is 0 Å². The molecule has 0 saturated carbocycles. The van der Waals surface area contributed by atoms with Crippen LogP contribution >= 0.6 is 0 Å². The maximum absolute atomic E-state index is 6.14. The topological polar surface area (TPSA) is 43.8 Å². The van der Waals surface area contributed by atoms with Crippen LogP contribution in [0.3, 0.4) is 0 Å². The molecule has 0 amide bonds. The van der Waals surface area contributed by atoms with E-state index >= 15 is 0 Å². The van der Waals surface area contributed by atoms with Crippen molar-refractivity contribution in [3.05, 3.63) is 36.0 Å². The molecule has 0 aliphatic rings. The van der Waals surface area contributed by atoms with Crippen LogP contribution in [0.2, 0.25) is 0 Å². The van der Waals surface area contributed by atoms with Crippen molar-refractivity contribution in [3.8, 4) is 11.4 Å². The Bertz CT molecular complexity index is 486. The summed E-state index contributed by atoms with van der Waals surface area (Å²) in [5.41, 5.74) is 8.27. The van der Waals surface area contributed by atoms with E-state index in [4.69, 9.17) is 5.73 Å². The van der Waals surface area contributed by atoms with Crippen molar-refractivity contribution in [2.45, 2.75) is 33.2 Å². The lowest BCUT2D eigenvalue weighted by atomic mass is 10.2. The van der Waals surface area contributed by atoms with E-state index < -0.39 is 0 Å². The Balaban J connectivity index is 2.53. The maximum atomic E-state index is 6.14. The van der Waals surface area contributed by atoms with Crippen LogP contribution in [0, 0.1) is 0 Å². The predicted molar refractivity (Wildman–Crippen MR) is 71.7 cm³/mol. The smallest absolute Gasteiger partial charge is 0.141 e. The van der Waals surface area contributed by atoms with E-state index in [9.17, 15) is 0 Å². The molecule has 0 aliphatic heterocycles. The van der Waals surface area contributed by atoms with E-state index in [1.54, 1.807) is 0 Å². The Morgan fingerprint density at radius 3 is 2.47 bits per heavy atom. The summed E-state index contributed by atoms with van der Waals surface area (Å²) in [5, 5.41) is 0. The standard InChI is InChI=1S/C14H19N3/c1-3-10-17-13(15)12(4-2)16-14(17)11-8-6-5-7-9-11/h5-9H,3-4,10,15H2,1-2H3. The Labute approximate surface area is 102 Å². The van der Waals surface area contributed by atoms with Crippen LogP contribution in [0.5, 0.6) is 0 Å². The van der Waals surface area contributed by atoms with Gasteiger partial charge >= 0.3 is 0 Å². The van der Waals surface area contributed by atoms with Gasteiger partial charge in [-0.2, -0.15) is 0 Å². The number of aromatic nitrogens is 2. The minimum atomic E-state index is 0.813. The molecule has 2 rings (SSSR count). The molecule has 0 bridgehead atoms. The monoisotopic (exact) mass is 229 g/mol. The van der Waals surface area contributed by atoms with Crippen molar-refractivity contribution in [3.63, 3.8) is 0 Å². The predicted octanol–water partition coefficient (Wildman–Crippen LogP) is 3.10. The van der Waals surface area contributed by atoms with Gasteiger partial charge in [-0.15, -0.1) is 0 Å². The minimum absolute atomic E-state index is 0.813. The van der Waals surface area contributed by atoms with Gasteiger partial charge in [-0.25, -0.2) is 4.98 Å². The Morgan fingerprint density at radius 1 is 1.18 bits per heavy atom. The van der Waals surface area contributed by atoms with Gasteiger partial charge in [-0.05, 0) is 12.8 Å². The van der Waals surface area contributed by atoms with Crippen LogP contribution in [0.15, 0.2) is 30.3 Å². The molecule has 0 atom stereocenters. The number of anilines is 1. The van der Waals surface area contributed by atoms with E-state index in [-0.39, 0.29) is 0 Å². The van der Waals surface area contributed by atoms with Gasteiger partial charge in [0.15, 0.2) is 0 Å². The molecule has 0 radical (unpaired) electrons. The molecule has 3 heteroatoms. The van der Waals surface area contributed by atoms with Crippen LogP contribution in [0.4, 0.5) is 5.82 Å². The zero-order valence-electron chi connectivity index (χ0n) is 10.5. The zero-order chi connectivity index (χ0) is 12.3. The summed E-state index contributed by atoms with van der Waals surface area (Å²) < 4.78 is 2.12. The number of hydrogen-bond acceptors (Lipinski definition) is 2. The van der Waals surface area contributed by atoms with Gasteiger partial charge in [0, 0.05) is 12.1 Å². The molecule has 2 N–H and O–H groups in total. The molecule has 0 aliphatic carbocycles. The Hall–Kier alpha value is -1.77. The Kier molecular flexibility index (Phi) is 3.47. The molecule has 0 spiro atoms. The van der Waals surface area contributed by atoms with Gasteiger partial charge < -0.3 is 10.3 Å². The van der Waals surface area contributed by atoms with Crippen molar-refractivity contribution >= 4 is 5.82 Å². The van der Waals surface area contributed by atoms with Gasteiger partial charge in [0.1, 0.15) is 11.6 Å². The Morgan fingerprint density at radius 2 is 1.88 bits per heavy atom. The summed E-state index contributed by atoms with van der Waals surface area (Å²) in [6, 6.07) is 10.2. The van der Waals surface area contributed by atoms with Gasteiger partial charge in [-0.1, -0.05) is 44.2 Å². The van der Waals surface area contributed by atoms with Crippen molar-refractivity contribution in [1.29, 1.82) is 0 Å². The number of benzene rings is 1. The van der Waals surface area contributed by atoms with Gasteiger partial charge in [0.25, 0.3) is 0 Å². The highest BCUT2D eigenvalue weighted by molar-refractivity contribution is 5.60. The third-order valence-electron chi connectivity index (χ3n) is 2.90. The number of aryl methyl sites for hydroxylation is 1. The van der Waals surface area contributed by atoms with E-state index in [0.717, 1.165) is 42.3 Å². The summed E-state index contributed by atoms with van der Waals surface area (Å²) in [5.74, 6) is 1.80. The second-order valence-corrected chi connectivity index (χ2v) is 4.14. The molecule has 90 valence electrons. The summed E-state index contributed by atoms with van der Waals surface area (Å²) in [7, 11) is 0. The van der Waals surface area contributed by atoms with Crippen molar-refractivity contribution < 1.29 is 0 Å². The van der Waals surface area contributed by atoms with Crippen molar-refractivity contribution in [2.75, 3.05) is 5.73 Å². The SMILES string of the molecule is CCCn1c(-c2ccccc2)nc(CC)c1N. The molecule has 3 nitrogen and oxygen atoms in total. The van der Waals surface area contributed by atoms with E-state index in [2.05, 4.69) is 35.5 Å². The average Bonchev–Trinajstić information content (AvgIpc) is 2.69. The highest BCUT2D eigenvalue weighted by Crippen LogP contribution is 2.24. The third-order valence-corrected chi connectivity index (χ3v) is 2.90. The minimum Gasteiger partial charge on any atom is -0.384 e.